The molecule has 91 valence electrons. The second kappa shape index (κ2) is 4.71. The Kier molecular flexibility index (Phi) is 3.28. The third kappa shape index (κ3) is 1.76. The Hall–Kier alpha value is -1.62. The van der Waals surface area contributed by atoms with Gasteiger partial charge in [0.15, 0.2) is 11.5 Å². The van der Waals surface area contributed by atoms with E-state index in [0.29, 0.717) is 23.0 Å². The Balaban J connectivity index is 2.82. The molecule has 0 amide bonds. The van der Waals surface area contributed by atoms with E-state index in [9.17, 15) is 0 Å². The van der Waals surface area contributed by atoms with E-state index in [2.05, 4.69) is 5.38 Å². The molecule has 1 aromatic carbocycles. The largest absolute Gasteiger partial charge is 0.494 e. The van der Waals surface area contributed by atoms with Gasteiger partial charge in [-0.1, -0.05) is 0 Å². The first kappa shape index (κ1) is 11.9. The molecule has 17 heavy (non-hydrogen) atoms. The van der Waals surface area contributed by atoms with E-state index >= 15 is 0 Å². The molecule has 1 radical (unpaired) electrons. The number of benzene rings is 1. The van der Waals surface area contributed by atoms with Crippen LogP contribution in [0.5, 0.6) is 23.0 Å². The highest BCUT2D eigenvalue weighted by Crippen LogP contribution is 2.48. The van der Waals surface area contributed by atoms with Gasteiger partial charge in [0.2, 0.25) is 5.75 Å². The van der Waals surface area contributed by atoms with E-state index in [1.54, 1.807) is 28.4 Å². The summed E-state index contributed by atoms with van der Waals surface area (Å²) in [5.74, 6) is 2.46. The van der Waals surface area contributed by atoms with Crippen LogP contribution in [0, 0.1) is 5.38 Å². The quantitative estimate of drug-likeness (QED) is 0.839. The highest BCUT2D eigenvalue weighted by molar-refractivity contribution is 7.17. The minimum absolute atomic E-state index is 0.563. The van der Waals surface area contributed by atoms with Crippen LogP contribution in [0.4, 0.5) is 0 Å². The fraction of sp³-hybridized carbons (Fsp3) is 0.333. The Morgan fingerprint density at radius 2 is 1.65 bits per heavy atom. The first-order chi connectivity index (χ1) is 8.26. The van der Waals surface area contributed by atoms with Crippen LogP contribution >= 0.6 is 11.3 Å². The van der Waals surface area contributed by atoms with Crippen molar-refractivity contribution in [3.8, 4) is 23.0 Å². The summed E-state index contributed by atoms with van der Waals surface area (Å²) in [4.78, 5) is 0. The number of rotatable bonds is 4. The Bertz CT molecular complexity index is 533. The summed E-state index contributed by atoms with van der Waals surface area (Å²) in [5.41, 5.74) is 0. The maximum absolute atomic E-state index is 5.39. The van der Waals surface area contributed by atoms with Crippen LogP contribution in [0.2, 0.25) is 0 Å². The van der Waals surface area contributed by atoms with Crippen molar-refractivity contribution in [2.75, 3.05) is 28.4 Å². The van der Waals surface area contributed by atoms with Crippen LogP contribution in [0.1, 0.15) is 0 Å². The highest BCUT2D eigenvalue weighted by atomic mass is 32.1. The van der Waals surface area contributed by atoms with Gasteiger partial charge in [-0.3, -0.25) is 0 Å². The molecule has 0 spiro atoms. The number of thiophene rings is 1. The van der Waals surface area contributed by atoms with Gasteiger partial charge in [-0.05, 0) is 0 Å². The zero-order valence-electron chi connectivity index (χ0n) is 10.1. The van der Waals surface area contributed by atoms with Crippen LogP contribution in [-0.4, -0.2) is 28.4 Å². The summed E-state index contributed by atoms with van der Waals surface area (Å²) >= 11 is 1.45. The zero-order chi connectivity index (χ0) is 12.4. The molecule has 1 heterocycles. The third-order valence-corrected chi connectivity index (χ3v) is 3.31. The molecular weight excluding hydrogens is 240 g/mol. The molecule has 0 aliphatic rings. The van der Waals surface area contributed by atoms with E-state index in [1.807, 2.05) is 6.07 Å². The Morgan fingerprint density at radius 1 is 0.941 bits per heavy atom. The Morgan fingerprint density at radius 3 is 2.18 bits per heavy atom. The number of hydrogen-bond acceptors (Lipinski definition) is 5. The van der Waals surface area contributed by atoms with Gasteiger partial charge in [0.05, 0.1) is 39.2 Å². The second-order valence-corrected chi connectivity index (χ2v) is 4.10. The van der Waals surface area contributed by atoms with Crippen molar-refractivity contribution in [3.05, 3.63) is 11.4 Å². The van der Waals surface area contributed by atoms with Crippen LogP contribution in [0.3, 0.4) is 0 Å². The van der Waals surface area contributed by atoms with Crippen molar-refractivity contribution >= 4 is 21.4 Å². The van der Waals surface area contributed by atoms with Gasteiger partial charge in [0, 0.05) is 10.8 Å². The average molecular weight is 253 g/mol. The molecule has 1 aromatic heterocycles. The second-order valence-electron chi connectivity index (χ2n) is 3.26. The van der Waals surface area contributed by atoms with Gasteiger partial charge in [-0.15, -0.1) is 11.3 Å². The van der Waals surface area contributed by atoms with Crippen LogP contribution < -0.4 is 18.9 Å². The lowest BCUT2D eigenvalue weighted by Crippen LogP contribution is -1.95. The maximum atomic E-state index is 5.39. The summed E-state index contributed by atoms with van der Waals surface area (Å²) in [6, 6.07) is 1.89. The van der Waals surface area contributed by atoms with E-state index in [0.717, 1.165) is 10.1 Å². The molecule has 4 nitrogen and oxygen atoms in total. The lowest BCUT2D eigenvalue weighted by atomic mass is 10.2. The molecule has 2 rings (SSSR count). The standard InChI is InChI=1S/C12H13O4S/c1-13-7-5-9-10(8(14-2)6-17-9)12(16-4)11(7)15-3/h5H,1-4H3. The van der Waals surface area contributed by atoms with Crippen LogP contribution in [0.25, 0.3) is 10.1 Å². The zero-order valence-corrected chi connectivity index (χ0v) is 10.9. The summed E-state index contributed by atoms with van der Waals surface area (Å²) < 4.78 is 22.2. The van der Waals surface area contributed by atoms with Gasteiger partial charge in [0.25, 0.3) is 0 Å². The van der Waals surface area contributed by atoms with E-state index < -0.39 is 0 Å². The molecule has 0 fully saturated rings. The van der Waals surface area contributed by atoms with Crippen LogP contribution in [0.15, 0.2) is 6.07 Å². The number of hydrogen-bond donors (Lipinski definition) is 0. The molecule has 0 saturated heterocycles. The minimum Gasteiger partial charge on any atom is -0.494 e. The number of ether oxygens (including phenoxy) is 4. The molecule has 0 aliphatic heterocycles. The summed E-state index contributed by atoms with van der Waals surface area (Å²) in [5, 5.41) is 3.93. The van der Waals surface area contributed by atoms with Crippen molar-refractivity contribution in [3.63, 3.8) is 0 Å². The van der Waals surface area contributed by atoms with Gasteiger partial charge >= 0.3 is 0 Å². The summed E-state index contributed by atoms with van der Waals surface area (Å²) in [6.45, 7) is 0. The molecular formula is C12H13O4S. The topological polar surface area (TPSA) is 36.9 Å². The monoisotopic (exact) mass is 253 g/mol. The van der Waals surface area contributed by atoms with E-state index in [1.165, 1.54) is 11.3 Å². The van der Waals surface area contributed by atoms with E-state index in [4.69, 9.17) is 18.9 Å². The normalized spacial score (nSPS) is 10.4. The minimum atomic E-state index is 0.563. The molecule has 5 heteroatoms. The Labute approximate surface area is 104 Å². The number of methoxy groups -OCH3 is 4. The highest BCUT2D eigenvalue weighted by Gasteiger charge is 2.20. The van der Waals surface area contributed by atoms with Crippen molar-refractivity contribution in [1.82, 2.24) is 0 Å². The summed E-state index contributed by atoms with van der Waals surface area (Å²) in [7, 11) is 6.37. The molecule has 0 atom stereocenters. The lowest BCUT2D eigenvalue weighted by molar-refractivity contribution is 0.326. The van der Waals surface area contributed by atoms with Gasteiger partial charge < -0.3 is 18.9 Å². The van der Waals surface area contributed by atoms with E-state index in [-0.39, 0.29) is 0 Å². The van der Waals surface area contributed by atoms with Crippen molar-refractivity contribution in [2.45, 2.75) is 0 Å². The van der Waals surface area contributed by atoms with Crippen molar-refractivity contribution < 1.29 is 18.9 Å². The lowest BCUT2D eigenvalue weighted by Gasteiger charge is -2.13. The summed E-state index contributed by atoms with van der Waals surface area (Å²) in [6.07, 6.45) is 0. The average Bonchev–Trinajstić information content (AvgIpc) is 2.78. The third-order valence-electron chi connectivity index (χ3n) is 2.48. The molecule has 0 bridgehead atoms. The molecule has 0 aliphatic carbocycles. The first-order valence-electron chi connectivity index (χ1n) is 4.94. The van der Waals surface area contributed by atoms with Crippen molar-refractivity contribution in [2.24, 2.45) is 0 Å². The van der Waals surface area contributed by atoms with Crippen LogP contribution in [-0.2, 0) is 0 Å². The van der Waals surface area contributed by atoms with Crippen molar-refractivity contribution in [1.29, 1.82) is 0 Å². The smallest absolute Gasteiger partial charge is 0.204 e. The molecule has 0 saturated carbocycles. The van der Waals surface area contributed by atoms with Gasteiger partial charge in [-0.25, -0.2) is 0 Å². The fourth-order valence-electron chi connectivity index (χ4n) is 1.73. The first-order valence-corrected chi connectivity index (χ1v) is 5.75. The molecule has 2 aromatic rings. The fourth-order valence-corrected chi connectivity index (χ4v) is 2.57. The molecule has 0 unspecified atom stereocenters. The van der Waals surface area contributed by atoms with Gasteiger partial charge in [0.1, 0.15) is 5.75 Å². The predicted molar refractivity (Wildman–Crippen MR) is 66.9 cm³/mol. The SMILES string of the molecule is COc1cc2s[c]c(OC)c2c(OC)c1OC. The predicted octanol–water partition coefficient (Wildman–Crippen LogP) is 2.74. The number of fused-ring (bicyclic) bond motifs is 1. The molecule has 0 N–H and O–H groups in total. The maximum Gasteiger partial charge on any atom is 0.204 e. The van der Waals surface area contributed by atoms with Gasteiger partial charge in [-0.2, -0.15) is 0 Å².